The predicted molar refractivity (Wildman–Crippen MR) is 65.5 cm³/mol. The highest BCUT2D eigenvalue weighted by atomic mass is 79.9. The van der Waals surface area contributed by atoms with E-state index in [4.69, 9.17) is 4.74 Å². The summed E-state index contributed by atoms with van der Waals surface area (Å²) in [5.74, 6) is -1.73. The van der Waals surface area contributed by atoms with E-state index in [0.29, 0.717) is 5.56 Å². The number of benzene rings is 2. The number of hydrogen-bond donors (Lipinski definition) is 0. The third-order valence-electron chi connectivity index (χ3n) is 2.27. The fraction of sp³-hybridized carbons (Fsp3) is 0.0769. The van der Waals surface area contributed by atoms with Crippen LogP contribution in [0.15, 0.2) is 36.4 Å². The van der Waals surface area contributed by atoms with Crippen molar-refractivity contribution in [3.8, 4) is 11.5 Å². The summed E-state index contributed by atoms with van der Waals surface area (Å²) < 4.78 is 44.7. The number of rotatable bonds is 3. The fourth-order valence-electron chi connectivity index (χ4n) is 1.48. The Bertz CT molecular complexity index is 552. The van der Waals surface area contributed by atoms with Crippen LogP contribution in [0.3, 0.4) is 0 Å². The minimum absolute atomic E-state index is 0.0136. The molecule has 1 nitrogen and oxygen atoms in total. The summed E-state index contributed by atoms with van der Waals surface area (Å²) in [6.07, 6.45) is 0. The van der Waals surface area contributed by atoms with E-state index in [2.05, 4.69) is 15.9 Å². The third kappa shape index (κ3) is 2.85. The van der Waals surface area contributed by atoms with E-state index in [1.165, 1.54) is 18.2 Å². The molecule has 0 bridgehead atoms. The predicted octanol–water partition coefficient (Wildman–Crippen LogP) is 4.79. The molecule has 2 aromatic carbocycles. The number of ether oxygens (including phenoxy) is 1. The van der Waals surface area contributed by atoms with Crippen molar-refractivity contribution < 1.29 is 17.9 Å². The SMILES string of the molecule is Fc1cc(F)cc(Oc2cccc(F)c2CBr)c1. The molecule has 0 aliphatic carbocycles. The van der Waals surface area contributed by atoms with Crippen molar-refractivity contribution in [1.29, 1.82) is 0 Å². The van der Waals surface area contributed by atoms with E-state index in [1.54, 1.807) is 0 Å². The molecule has 0 aliphatic rings. The highest BCUT2D eigenvalue weighted by Gasteiger charge is 2.10. The van der Waals surface area contributed by atoms with Crippen LogP contribution in [-0.2, 0) is 5.33 Å². The van der Waals surface area contributed by atoms with Gasteiger partial charge in [-0.1, -0.05) is 22.0 Å². The van der Waals surface area contributed by atoms with Gasteiger partial charge in [0.15, 0.2) is 0 Å². The third-order valence-corrected chi connectivity index (χ3v) is 2.83. The van der Waals surface area contributed by atoms with Gasteiger partial charge in [-0.3, -0.25) is 0 Å². The molecule has 0 atom stereocenters. The first-order chi connectivity index (χ1) is 8.60. The molecule has 0 aliphatic heterocycles. The van der Waals surface area contributed by atoms with E-state index in [1.807, 2.05) is 0 Å². The monoisotopic (exact) mass is 316 g/mol. The Hall–Kier alpha value is -1.49. The van der Waals surface area contributed by atoms with Crippen molar-refractivity contribution in [2.45, 2.75) is 5.33 Å². The van der Waals surface area contributed by atoms with Crippen LogP contribution in [-0.4, -0.2) is 0 Å². The Balaban J connectivity index is 2.36. The average molecular weight is 317 g/mol. The molecule has 0 amide bonds. The van der Waals surface area contributed by atoms with Crippen molar-refractivity contribution in [2.24, 2.45) is 0 Å². The number of hydrogen-bond acceptors (Lipinski definition) is 1. The molecule has 5 heteroatoms. The summed E-state index contributed by atoms with van der Waals surface area (Å²) in [6.45, 7) is 0. The maximum Gasteiger partial charge on any atom is 0.134 e. The maximum absolute atomic E-state index is 13.5. The lowest BCUT2D eigenvalue weighted by atomic mass is 10.2. The molecule has 0 saturated carbocycles. The Morgan fingerprint density at radius 1 is 1.00 bits per heavy atom. The van der Waals surface area contributed by atoms with E-state index in [9.17, 15) is 13.2 Å². The van der Waals surface area contributed by atoms with Crippen LogP contribution in [0.25, 0.3) is 0 Å². The molecule has 2 rings (SSSR count). The van der Waals surface area contributed by atoms with Gasteiger partial charge in [0.1, 0.15) is 29.0 Å². The largest absolute Gasteiger partial charge is 0.457 e. The lowest BCUT2D eigenvalue weighted by Crippen LogP contribution is -1.94. The summed E-state index contributed by atoms with van der Waals surface area (Å²) in [6, 6.07) is 7.09. The summed E-state index contributed by atoms with van der Waals surface area (Å²) in [5, 5.41) is 0.243. The van der Waals surface area contributed by atoms with Gasteiger partial charge in [-0.2, -0.15) is 0 Å². The van der Waals surface area contributed by atoms with Gasteiger partial charge in [-0.05, 0) is 12.1 Å². The minimum atomic E-state index is -0.748. The smallest absolute Gasteiger partial charge is 0.134 e. The van der Waals surface area contributed by atoms with E-state index >= 15 is 0 Å². The molecule has 0 fully saturated rings. The normalized spacial score (nSPS) is 10.4. The van der Waals surface area contributed by atoms with Crippen LogP contribution in [0.4, 0.5) is 13.2 Å². The van der Waals surface area contributed by atoms with Gasteiger partial charge in [0.25, 0.3) is 0 Å². The quantitative estimate of drug-likeness (QED) is 0.740. The first-order valence-electron chi connectivity index (χ1n) is 5.07. The van der Waals surface area contributed by atoms with Gasteiger partial charge in [-0.25, -0.2) is 13.2 Å². The molecule has 0 spiro atoms. The van der Waals surface area contributed by atoms with Gasteiger partial charge in [0, 0.05) is 29.1 Å². The van der Waals surface area contributed by atoms with Gasteiger partial charge in [-0.15, -0.1) is 0 Å². The molecule has 0 N–H and O–H groups in total. The average Bonchev–Trinajstić information content (AvgIpc) is 2.27. The lowest BCUT2D eigenvalue weighted by Gasteiger charge is -2.10. The Morgan fingerprint density at radius 2 is 1.67 bits per heavy atom. The van der Waals surface area contributed by atoms with Gasteiger partial charge >= 0.3 is 0 Å². The number of alkyl halides is 1. The zero-order chi connectivity index (χ0) is 13.1. The molecule has 94 valence electrons. The van der Waals surface area contributed by atoms with E-state index < -0.39 is 17.5 Å². The van der Waals surface area contributed by atoms with Crippen molar-refractivity contribution in [1.82, 2.24) is 0 Å². The fourth-order valence-corrected chi connectivity index (χ4v) is 2.02. The first-order valence-corrected chi connectivity index (χ1v) is 6.19. The molecule has 0 saturated heterocycles. The highest BCUT2D eigenvalue weighted by molar-refractivity contribution is 9.08. The zero-order valence-electron chi connectivity index (χ0n) is 9.09. The second kappa shape index (κ2) is 5.44. The van der Waals surface area contributed by atoms with Crippen molar-refractivity contribution in [2.75, 3.05) is 0 Å². The molecular formula is C13H8BrF3O. The molecule has 2 aromatic rings. The van der Waals surface area contributed by atoms with Crippen molar-refractivity contribution >= 4 is 15.9 Å². The summed E-state index contributed by atoms with van der Waals surface area (Å²) >= 11 is 3.13. The molecule has 0 unspecified atom stereocenters. The molecule has 0 heterocycles. The van der Waals surface area contributed by atoms with E-state index in [0.717, 1.165) is 18.2 Å². The second-order valence-corrected chi connectivity index (χ2v) is 4.12. The molecule has 0 aromatic heterocycles. The van der Waals surface area contributed by atoms with Crippen LogP contribution in [0.5, 0.6) is 11.5 Å². The van der Waals surface area contributed by atoms with Crippen LogP contribution >= 0.6 is 15.9 Å². The molecular weight excluding hydrogens is 309 g/mol. The molecule has 18 heavy (non-hydrogen) atoms. The van der Waals surface area contributed by atoms with Gasteiger partial charge < -0.3 is 4.74 Å². The Kier molecular flexibility index (Phi) is 3.91. The van der Waals surface area contributed by atoms with Crippen LogP contribution in [0.1, 0.15) is 5.56 Å². The van der Waals surface area contributed by atoms with Crippen LogP contribution in [0.2, 0.25) is 0 Å². The van der Waals surface area contributed by atoms with Crippen LogP contribution in [0, 0.1) is 17.5 Å². The Morgan fingerprint density at radius 3 is 2.28 bits per heavy atom. The molecule has 0 radical (unpaired) electrons. The highest BCUT2D eigenvalue weighted by Crippen LogP contribution is 2.29. The van der Waals surface area contributed by atoms with Crippen molar-refractivity contribution in [3.63, 3.8) is 0 Å². The lowest BCUT2D eigenvalue weighted by molar-refractivity contribution is 0.458. The van der Waals surface area contributed by atoms with Crippen molar-refractivity contribution in [3.05, 3.63) is 59.4 Å². The standard InChI is InChI=1S/C13H8BrF3O/c14-7-11-12(17)2-1-3-13(11)18-10-5-8(15)4-9(16)6-10/h1-6H,7H2. The topological polar surface area (TPSA) is 9.23 Å². The first kappa shape index (κ1) is 13.0. The maximum atomic E-state index is 13.5. The van der Waals surface area contributed by atoms with Gasteiger partial charge in [0.2, 0.25) is 0 Å². The van der Waals surface area contributed by atoms with Gasteiger partial charge in [0.05, 0.1) is 0 Å². The summed E-state index contributed by atoms with van der Waals surface area (Å²) in [7, 11) is 0. The van der Waals surface area contributed by atoms with Crippen LogP contribution < -0.4 is 4.74 Å². The number of halogens is 4. The summed E-state index contributed by atoms with van der Waals surface area (Å²) in [5.41, 5.74) is 0.294. The van der Waals surface area contributed by atoms with E-state index in [-0.39, 0.29) is 16.8 Å². The second-order valence-electron chi connectivity index (χ2n) is 3.56. The zero-order valence-corrected chi connectivity index (χ0v) is 10.7. The minimum Gasteiger partial charge on any atom is -0.457 e. The summed E-state index contributed by atoms with van der Waals surface area (Å²) in [4.78, 5) is 0. The Labute approximate surface area is 110 Å².